The van der Waals surface area contributed by atoms with E-state index in [0.29, 0.717) is 11.2 Å². The van der Waals surface area contributed by atoms with Crippen molar-refractivity contribution in [3.05, 3.63) is 12.2 Å². The van der Waals surface area contributed by atoms with Crippen LogP contribution in [0.2, 0.25) is 0 Å². The van der Waals surface area contributed by atoms with Crippen LogP contribution in [0, 0.1) is 0 Å². The number of nitrogens with zero attached hydrogens (tertiary/aromatic N) is 3. The number of fused-ring (bicyclic) bond motifs is 1. The Hall–Kier alpha value is -1.50. The molecule has 0 aromatic carbocycles. The van der Waals surface area contributed by atoms with Crippen molar-refractivity contribution in [1.29, 1.82) is 0 Å². The van der Waals surface area contributed by atoms with E-state index in [1.165, 1.54) is 6.33 Å². The van der Waals surface area contributed by atoms with E-state index in [1.54, 1.807) is 0 Å². The maximum Gasteiger partial charge on any atom is 0.326 e. The molecule has 0 saturated carbocycles. The molecule has 0 spiro atoms. The Balaban J connectivity index is 2.28. The third-order valence-corrected chi connectivity index (χ3v) is 2.79. The minimum absolute atomic E-state index is 0.0667. The Morgan fingerprint density at radius 1 is 1.44 bits per heavy atom. The SMILES string of the molecule is Nc1nc(CCP(=O)(O)O)nc2nc[nH]c12. The lowest BCUT2D eigenvalue weighted by Crippen LogP contribution is -2.03. The summed E-state index contributed by atoms with van der Waals surface area (Å²) < 4.78 is 10.7. The lowest BCUT2D eigenvalue weighted by molar-refractivity contribution is 0.372. The second-order valence-corrected chi connectivity index (χ2v) is 5.04. The van der Waals surface area contributed by atoms with Crippen LogP contribution < -0.4 is 5.73 Å². The first kappa shape index (κ1) is 11.0. The molecular weight excluding hydrogens is 233 g/mol. The molecule has 0 amide bonds. The molecule has 0 aliphatic rings. The molecule has 0 bridgehead atoms. The fourth-order valence-corrected chi connectivity index (χ4v) is 1.75. The first-order valence-corrected chi connectivity index (χ1v) is 6.25. The van der Waals surface area contributed by atoms with Crippen LogP contribution in [0.3, 0.4) is 0 Å². The number of H-pyrrole nitrogens is 1. The summed E-state index contributed by atoms with van der Waals surface area (Å²) in [5.41, 5.74) is 6.55. The molecule has 8 nitrogen and oxygen atoms in total. The highest BCUT2D eigenvalue weighted by molar-refractivity contribution is 7.51. The molecule has 0 aliphatic carbocycles. The lowest BCUT2D eigenvalue weighted by Gasteiger charge is -2.03. The fraction of sp³-hybridized carbons (Fsp3) is 0.286. The van der Waals surface area contributed by atoms with E-state index in [-0.39, 0.29) is 24.2 Å². The zero-order chi connectivity index (χ0) is 11.8. The second kappa shape index (κ2) is 3.82. The zero-order valence-corrected chi connectivity index (χ0v) is 9.05. The number of nitrogen functional groups attached to an aromatic ring is 1. The second-order valence-electron chi connectivity index (χ2n) is 3.26. The van der Waals surface area contributed by atoms with Gasteiger partial charge in [-0.15, -0.1) is 0 Å². The summed E-state index contributed by atoms with van der Waals surface area (Å²) >= 11 is 0. The van der Waals surface area contributed by atoms with E-state index in [4.69, 9.17) is 15.5 Å². The minimum Gasteiger partial charge on any atom is -0.382 e. The number of hydrogen-bond donors (Lipinski definition) is 4. The van der Waals surface area contributed by atoms with Crippen molar-refractivity contribution in [3.8, 4) is 0 Å². The third kappa shape index (κ3) is 2.35. The Kier molecular flexibility index (Phi) is 2.63. The monoisotopic (exact) mass is 243 g/mol. The van der Waals surface area contributed by atoms with Crippen molar-refractivity contribution in [2.75, 3.05) is 11.9 Å². The van der Waals surface area contributed by atoms with E-state index in [1.807, 2.05) is 0 Å². The number of rotatable bonds is 3. The largest absolute Gasteiger partial charge is 0.382 e. The van der Waals surface area contributed by atoms with Crippen molar-refractivity contribution in [1.82, 2.24) is 19.9 Å². The summed E-state index contributed by atoms with van der Waals surface area (Å²) in [5.74, 6) is 0.503. The van der Waals surface area contributed by atoms with Gasteiger partial charge in [0.05, 0.1) is 12.5 Å². The molecule has 9 heteroatoms. The van der Waals surface area contributed by atoms with Crippen LogP contribution in [0.25, 0.3) is 11.2 Å². The van der Waals surface area contributed by atoms with Crippen LogP contribution >= 0.6 is 7.60 Å². The van der Waals surface area contributed by atoms with Gasteiger partial charge in [0.25, 0.3) is 0 Å². The molecule has 0 saturated heterocycles. The van der Waals surface area contributed by atoms with Crippen LogP contribution in [0.15, 0.2) is 6.33 Å². The van der Waals surface area contributed by atoms with Crippen LogP contribution in [0.4, 0.5) is 5.82 Å². The highest BCUT2D eigenvalue weighted by atomic mass is 31.2. The highest BCUT2D eigenvalue weighted by Gasteiger charge is 2.15. The van der Waals surface area contributed by atoms with Gasteiger partial charge in [-0.2, -0.15) is 0 Å². The van der Waals surface area contributed by atoms with Gasteiger partial charge in [-0.1, -0.05) is 0 Å². The zero-order valence-electron chi connectivity index (χ0n) is 8.16. The highest BCUT2D eigenvalue weighted by Crippen LogP contribution is 2.34. The normalized spacial score (nSPS) is 12.1. The van der Waals surface area contributed by atoms with Gasteiger partial charge in [0.15, 0.2) is 11.5 Å². The number of nitrogens with one attached hydrogen (secondary N) is 1. The van der Waals surface area contributed by atoms with E-state index in [2.05, 4.69) is 19.9 Å². The van der Waals surface area contributed by atoms with Crippen LogP contribution in [0.1, 0.15) is 5.82 Å². The molecule has 0 unspecified atom stereocenters. The predicted molar refractivity (Wildman–Crippen MR) is 56.7 cm³/mol. The van der Waals surface area contributed by atoms with Gasteiger partial charge in [-0.25, -0.2) is 15.0 Å². The quantitative estimate of drug-likeness (QED) is 0.540. The summed E-state index contributed by atoms with van der Waals surface area (Å²) in [6.45, 7) is 0. The molecule has 0 fully saturated rings. The lowest BCUT2D eigenvalue weighted by atomic mass is 10.4. The maximum absolute atomic E-state index is 10.7. The third-order valence-electron chi connectivity index (χ3n) is 1.99. The first-order valence-electron chi connectivity index (χ1n) is 4.46. The molecule has 0 aliphatic heterocycles. The fourth-order valence-electron chi connectivity index (χ4n) is 1.26. The molecule has 2 aromatic rings. The number of nitrogens with two attached hydrogens (primary N) is 1. The van der Waals surface area contributed by atoms with Gasteiger partial charge < -0.3 is 20.5 Å². The average molecular weight is 243 g/mol. The van der Waals surface area contributed by atoms with Crippen LogP contribution in [-0.2, 0) is 11.0 Å². The molecule has 0 radical (unpaired) electrons. The number of aromatic nitrogens is 4. The van der Waals surface area contributed by atoms with Gasteiger partial charge in [0, 0.05) is 6.42 Å². The van der Waals surface area contributed by atoms with Crippen LogP contribution in [-0.4, -0.2) is 35.9 Å². The molecule has 5 N–H and O–H groups in total. The molecule has 86 valence electrons. The molecule has 0 atom stereocenters. The number of anilines is 1. The van der Waals surface area contributed by atoms with E-state index in [0.717, 1.165) is 0 Å². The molecular formula is C7H10N5O3P. The number of aryl methyl sites for hydroxylation is 1. The molecule has 2 heterocycles. The van der Waals surface area contributed by atoms with Gasteiger partial charge in [-0.05, 0) is 0 Å². The summed E-state index contributed by atoms with van der Waals surface area (Å²) in [4.78, 5) is 32.1. The standard InChI is InChI=1S/C7H10N5O3P/c8-6-5-7(10-3-9-5)12-4(11-6)1-2-16(13,14)15/h3H,1-2H2,(H2,13,14,15)(H3,8,9,10,11,12). The maximum atomic E-state index is 10.7. The Morgan fingerprint density at radius 2 is 2.19 bits per heavy atom. The van der Waals surface area contributed by atoms with Gasteiger partial charge in [0.1, 0.15) is 11.3 Å². The smallest absolute Gasteiger partial charge is 0.326 e. The molecule has 2 rings (SSSR count). The Morgan fingerprint density at radius 3 is 2.88 bits per heavy atom. The summed E-state index contributed by atoms with van der Waals surface area (Å²) in [5, 5.41) is 0. The molecule has 2 aromatic heterocycles. The molecule has 16 heavy (non-hydrogen) atoms. The van der Waals surface area contributed by atoms with Gasteiger partial charge >= 0.3 is 7.60 Å². The topological polar surface area (TPSA) is 138 Å². The number of hydrogen-bond acceptors (Lipinski definition) is 5. The van der Waals surface area contributed by atoms with E-state index < -0.39 is 7.60 Å². The van der Waals surface area contributed by atoms with Crippen molar-refractivity contribution in [2.24, 2.45) is 0 Å². The van der Waals surface area contributed by atoms with Crippen molar-refractivity contribution in [3.63, 3.8) is 0 Å². The van der Waals surface area contributed by atoms with E-state index in [9.17, 15) is 4.57 Å². The van der Waals surface area contributed by atoms with E-state index >= 15 is 0 Å². The Labute approximate surface area is 90.1 Å². The minimum atomic E-state index is -4.04. The van der Waals surface area contributed by atoms with Gasteiger partial charge in [0.2, 0.25) is 0 Å². The summed E-state index contributed by atoms with van der Waals surface area (Å²) in [7, 11) is -4.04. The Bertz CT molecular complexity index is 562. The predicted octanol–water partition coefficient (Wildman–Crippen LogP) is -0.345. The van der Waals surface area contributed by atoms with Crippen LogP contribution in [0.5, 0.6) is 0 Å². The summed E-state index contributed by atoms with van der Waals surface area (Å²) in [6, 6.07) is 0. The van der Waals surface area contributed by atoms with Crippen molar-refractivity contribution >= 4 is 24.6 Å². The van der Waals surface area contributed by atoms with Crippen molar-refractivity contribution in [2.45, 2.75) is 6.42 Å². The summed E-state index contributed by atoms with van der Waals surface area (Å²) in [6.07, 6.45) is 1.20. The first-order chi connectivity index (χ1) is 7.46. The number of imidazole rings is 1. The van der Waals surface area contributed by atoms with Gasteiger partial charge in [-0.3, -0.25) is 4.57 Å². The average Bonchev–Trinajstić information content (AvgIpc) is 2.62. The number of aromatic amines is 1. The van der Waals surface area contributed by atoms with Crippen molar-refractivity contribution < 1.29 is 14.4 Å².